The van der Waals surface area contributed by atoms with Crippen molar-refractivity contribution in [2.75, 3.05) is 31.1 Å². The van der Waals surface area contributed by atoms with Gasteiger partial charge < -0.3 is 23.5 Å². The number of carbonyl (C=O) groups is 2. The fourth-order valence-electron chi connectivity index (χ4n) is 3.99. The molecule has 0 unspecified atom stereocenters. The van der Waals surface area contributed by atoms with Gasteiger partial charge in [-0.05, 0) is 45.9 Å². The van der Waals surface area contributed by atoms with Crippen LogP contribution >= 0.6 is 0 Å². The van der Waals surface area contributed by atoms with Crippen LogP contribution in [0.4, 0.5) is 14.9 Å². The van der Waals surface area contributed by atoms with Crippen LogP contribution < -0.4 is 10.4 Å². The number of fused-ring (bicyclic) bond motifs is 1. The molecule has 3 aromatic heterocycles. The fourth-order valence-corrected chi connectivity index (χ4v) is 3.99. The van der Waals surface area contributed by atoms with Crippen LogP contribution in [0, 0.1) is 12.7 Å². The molecule has 36 heavy (non-hydrogen) atoms. The first kappa shape index (κ1) is 25.1. The number of aliphatic imine (C=N–C) groups is 1. The van der Waals surface area contributed by atoms with Gasteiger partial charge in [0.1, 0.15) is 11.1 Å². The first-order valence-electron chi connectivity index (χ1n) is 11.6. The van der Waals surface area contributed by atoms with E-state index in [0.29, 0.717) is 49.3 Å². The number of pyridine rings is 2. The zero-order valence-corrected chi connectivity index (χ0v) is 21.1. The molecular formula is C25H30FN7O3. The zero-order chi connectivity index (χ0) is 26.0. The summed E-state index contributed by atoms with van der Waals surface area (Å²) >= 11 is 0. The smallest absolute Gasteiger partial charge is 0.410 e. The molecule has 10 nitrogen and oxygen atoms in total. The predicted octanol–water partition coefficient (Wildman–Crippen LogP) is 2.68. The van der Waals surface area contributed by atoms with Gasteiger partial charge in [-0.15, -0.1) is 0 Å². The minimum Gasteiger partial charge on any atom is -0.444 e. The van der Waals surface area contributed by atoms with Crippen LogP contribution in [0.1, 0.15) is 32.0 Å². The van der Waals surface area contributed by atoms with Gasteiger partial charge in [0.2, 0.25) is 6.41 Å². The second-order valence-electron chi connectivity index (χ2n) is 9.67. The Hall–Kier alpha value is -4.02. The Morgan fingerprint density at radius 2 is 1.86 bits per heavy atom. The number of aryl methyl sites for hydroxylation is 2. The van der Waals surface area contributed by atoms with Crippen molar-refractivity contribution in [1.29, 1.82) is 0 Å². The van der Waals surface area contributed by atoms with Gasteiger partial charge in [-0.1, -0.05) is 0 Å². The number of amides is 2. The normalized spacial score (nSPS) is 15.5. The number of carbonyl (C=O) groups excluding carboxylic acids is 2. The van der Waals surface area contributed by atoms with E-state index in [1.165, 1.54) is 6.07 Å². The van der Waals surface area contributed by atoms with E-state index >= 15 is 0 Å². The number of amidine groups is 1. The molecule has 0 bridgehead atoms. The predicted molar refractivity (Wildman–Crippen MR) is 133 cm³/mol. The average Bonchev–Trinajstić information content (AvgIpc) is 3.19. The van der Waals surface area contributed by atoms with Crippen molar-refractivity contribution in [3.8, 4) is 0 Å². The molecule has 0 N–H and O–H groups in total. The third-order valence-corrected chi connectivity index (χ3v) is 5.67. The van der Waals surface area contributed by atoms with E-state index in [1.807, 2.05) is 50.7 Å². The van der Waals surface area contributed by atoms with E-state index in [4.69, 9.17) is 4.74 Å². The summed E-state index contributed by atoms with van der Waals surface area (Å²) in [6, 6.07) is 5.00. The van der Waals surface area contributed by atoms with Crippen molar-refractivity contribution < 1.29 is 18.7 Å². The molecule has 0 saturated carbocycles. The molecule has 0 spiro atoms. The van der Waals surface area contributed by atoms with Crippen molar-refractivity contribution in [3.63, 3.8) is 0 Å². The molecule has 0 radical (unpaired) electrons. The number of aromatic nitrogens is 3. The van der Waals surface area contributed by atoms with Gasteiger partial charge in [0.25, 0.3) is 0 Å². The SMILES string of the molecule is Cc1cn2cc(C(=NC=O)N=c3ccc(N4CCN(C(=O)OC(C)(C)C)CC4)cn3C)cc(F)c2n1. The molecule has 4 rings (SSSR count). The highest BCUT2D eigenvalue weighted by molar-refractivity contribution is 6.02. The molecule has 1 aliphatic rings. The molecule has 3 aromatic rings. The molecule has 1 fully saturated rings. The van der Waals surface area contributed by atoms with Crippen LogP contribution in [0.5, 0.6) is 0 Å². The number of nitrogens with zero attached hydrogens (tertiary/aromatic N) is 7. The second kappa shape index (κ2) is 9.92. The summed E-state index contributed by atoms with van der Waals surface area (Å²) in [6.07, 6.45) is 5.34. The summed E-state index contributed by atoms with van der Waals surface area (Å²) in [7, 11) is 1.83. The number of ether oxygens (including phenoxy) is 1. The Morgan fingerprint density at radius 1 is 1.14 bits per heavy atom. The number of hydrogen-bond donors (Lipinski definition) is 0. The number of piperazine rings is 1. The summed E-state index contributed by atoms with van der Waals surface area (Å²) in [5, 5.41) is 0. The van der Waals surface area contributed by atoms with Crippen molar-refractivity contribution in [3.05, 3.63) is 59.4 Å². The number of halogens is 1. The highest BCUT2D eigenvalue weighted by Crippen LogP contribution is 2.17. The lowest BCUT2D eigenvalue weighted by atomic mass is 10.2. The number of hydrogen-bond acceptors (Lipinski definition) is 5. The van der Waals surface area contributed by atoms with Gasteiger partial charge in [-0.25, -0.2) is 19.2 Å². The molecular weight excluding hydrogens is 465 g/mol. The molecule has 4 heterocycles. The van der Waals surface area contributed by atoms with E-state index < -0.39 is 11.4 Å². The van der Waals surface area contributed by atoms with Crippen LogP contribution in [0.3, 0.4) is 0 Å². The maximum Gasteiger partial charge on any atom is 0.410 e. The molecule has 190 valence electrons. The third-order valence-electron chi connectivity index (χ3n) is 5.67. The Balaban J connectivity index is 1.54. The van der Waals surface area contributed by atoms with Crippen molar-refractivity contribution in [1.82, 2.24) is 18.9 Å². The van der Waals surface area contributed by atoms with E-state index in [9.17, 15) is 14.0 Å². The minimum absolute atomic E-state index is 0.0893. The summed E-state index contributed by atoms with van der Waals surface area (Å²) in [5.74, 6) is -0.439. The first-order chi connectivity index (χ1) is 17.0. The molecule has 1 saturated heterocycles. The lowest BCUT2D eigenvalue weighted by molar-refractivity contribution is -0.106. The molecule has 0 aliphatic carbocycles. The van der Waals surface area contributed by atoms with Gasteiger partial charge in [0.15, 0.2) is 17.3 Å². The highest BCUT2D eigenvalue weighted by Gasteiger charge is 2.26. The van der Waals surface area contributed by atoms with Crippen molar-refractivity contribution in [2.45, 2.75) is 33.3 Å². The molecule has 2 amide bonds. The van der Waals surface area contributed by atoms with Gasteiger partial charge in [-0.3, -0.25) is 4.79 Å². The fraction of sp³-hybridized carbons (Fsp3) is 0.400. The van der Waals surface area contributed by atoms with Crippen molar-refractivity contribution in [2.24, 2.45) is 17.0 Å². The summed E-state index contributed by atoms with van der Waals surface area (Å²) in [4.78, 5) is 40.0. The summed E-state index contributed by atoms with van der Waals surface area (Å²) in [6.45, 7) is 9.78. The third kappa shape index (κ3) is 5.61. The van der Waals surface area contributed by atoms with Crippen LogP contribution in [-0.2, 0) is 16.6 Å². The van der Waals surface area contributed by atoms with Gasteiger partial charge in [0, 0.05) is 57.4 Å². The van der Waals surface area contributed by atoms with E-state index in [2.05, 4.69) is 19.9 Å². The number of rotatable bonds is 3. The zero-order valence-electron chi connectivity index (χ0n) is 21.1. The monoisotopic (exact) mass is 495 g/mol. The molecule has 0 aromatic carbocycles. The maximum absolute atomic E-state index is 14.6. The van der Waals surface area contributed by atoms with Gasteiger partial charge in [-0.2, -0.15) is 4.99 Å². The summed E-state index contributed by atoms with van der Waals surface area (Å²) < 4.78 is 23.4. The number of imidazole rings is 1. The van der Waals surface area contributed by atoms with Crippen LogP contribution in [0.2, 0.25) is 0 Å². The van der Waals surface area contributed by atoms with Gasteiger partial charge >= 0.3 is 6.09 Å². The lowest BCUT2D eigenvalue weighted by Crippen LogP contribution is -2.50. The topological polar surface area (TPSA) is 96.8 Å². The van der Waals surface area contributed by atoms with Crippen LogP contribution in [0.25, 0.3) is 5.65 Å². The largest absolute Gasteiger partial charge is 0.444 e. The maximum atomic E-state index is 14.6. The first-order valence-corrected chi connectivity index (χ1v) is 11.6. The molecule has 0 atom stereocenters. The Kier molecular flexibility index (Phi) is 6.91. The lowest BCUT2D eigenvalue weighted by Gasteiger charge is -2.36. The van der Waals surface area contributed by atoms with Crippen LogP contribution in [-0.4, -0.2) is 69.0 Å². The average molecular weight is 496 g/mol. The summed E-state index contributed by atoms with van der Waals surface area (Å²) in [5.41, 5.74) is 2.20. The Labute approximate surface area is 208 Å². The quantitative estimate of drug-likeness (QED) is 0.316. The molecule has 1 aliphatic heterocycles. The molecule has 11 heteroatoms. The van der Waals surface area contributed by atoms with E-state index in [0.717, 1.165) is 5.69 Å². The van der Waals surface area contributed by atoms with Crippen LogP contribution in [0.15, 0.2) is 46.8 Å². The minimum atomic E-state index is -0.528. The van der Waals surface area contributed by atoms with Crippen molar-refractivity contribution >= 4 is 29.7 Å². The van der Waals surface area contributed by atoms with E-state index in [-0.39, 0.29) is 17.6 Å². The Morgan fingerprint density at radius 3 is 2.50 bits per heavy atom. The Bertz CT molecular complexity index is 1390. The van der Waals surface area contributed by atoms with E-state index in [1.54, 1.807) is 28.6 Å². The second-order valence-corrected chi connectivity index (χ2v) is 9.67. The highest BCUT2D eigenvalue weighted by atomic mass is 19.1. The van der Waals surface area contributed by atoms with Gasteiger partial charge in [0.05, 0.1) is 11.4 Å². The number of anilines is 1. The standard InChI is InChI=1S/C25H30FN7O3/c1-17-13-33-14-18(12-20(26)23(33)28-17)22(27-16-34)29-21-7-6-19(15-30(21)5)31-8-10-32(11-9-31)24(35)36-25(2,3)4/h6-7,12-16H,8-11H2,1-5H3.